The summed E-state index contributed by atoms with van der Waals surface area (Å²) in [5, 5.41) is 12.8. The largest absolute Gasteiger partial charge is 0.322 e. The number of amides is 3. The lowest BCUT2D eigenvalue weighted by Crippen LogP contribution is -2.42. The summed E-state index contributed by atoms with van der Waals surface area (Å²) in [4.78, 5) is 28.2. The topological polar surface area (TPSA) is 79.3 Å². The van der Waals surface area contributed by atoms with E-state index in [9.17, 15) is 9.59 Å². The first-order valence-electron chi connectivity index (χ1n) is 13.0. The normalized spacial score (nSPS) is 11.6. The van der Waals surface area contributed by atoms with E-state index in [1.165, 1.54) is 0 Å². The minimum Gasteiger partial charge on any atom is -0.315 e. The van der Waals surface area contributed by atoms with Crippen molar-refractivity contribution in [1.82, 2.24) is 14.7 Å². The van der Waals surface area contributed by atoms with Crippen molar-refractivity contribution in [1.29, 1.82) is 0 Å². The summed E-state index contributed by atoms with van der Waals surface area (Å²) in [5.41, 5.74) is 3.34. The Balaban J connectivity index is 1.56. The number of aromatic nitrogens is 2. The number of hydrogen-bond acceptors (Lipinski definition) is 3. The van der Waals surface area contributed by atoms with E-state index in [0.717, 1.165) is 33.4 Å². The fourth-order valence-corrected chi connectivity index (χ4v) is 4.34. The molecule has 4 rings (SSSR count). The summed E-state index contributed by atoms with van der Waals surface area (Å²) in [6.07, 6.45) is 0. The average molecular weight is 512 g/mol. The second-order valence-corrected chi connectivity index (χ2v) is 11.2. The number of hydrogen-bond donors (Lipinski definition) is 2. The molecule has 0 spiro atoms. The Hall–Kier alpha value is -4.13. The molecule has 0 aliphatic carbocycles. The van der Waals surface area contributed by atoms with Crippen molar-refractivity contribution in [3.05, 3.63) is 84.1 Å². The van der Waals surface area contributed by atoms with Crippen molar-refractivity contribution in [2.24, 2.45) is 5.92 Å². The first-order chi connectivity index (χ1) is 18.0. The maximum atomic E-state index is 13.4. The van der Waals surface area contributed by atoms with Gasteiger partial charge in [0.2, 0.25) is 5.91 Å². The predicted octanol–water partition coefficient (Wildman–Crippen LogP) is 6.76. The van der Waals surface area contributed by atoms with E-state index in [-0.39, 0.29) is 29.8 Å². The third-order valence-corrected chi connectivity index (χ3v) is 6.23. The van der Waals surface area contributed by atoms with Gasteiger partial charge in [-0.2, -0.15) is 5.10 Å². The molecule has 2 N–H and O–H groups in total. The maximum Gasteiger partial charge on any atom is 0.322 e. The molecule has 0 atom stereocenters. The van der Waals surface area contributed by atoms with Crippen LogP contribution in [0, 0.1) is 12.8 Å². The third-order valence-electron chi connectivity index (χ3n) is 6.23. The summed E-state index contributed by atoms with van der Waals surface area (Å²) >= 11 is 0. The molecule has 0 aliphatic rings. The summed E-state index contributed by atoms with van der Waals surface area (Å²) < 4.78 is 1.76. The van der Waals surface area contributed by atoms with Crippen LogP contribution in [0.2, 0.25) is 0 Å². The van der Waals surface area contributed by atoms with Gasteiger partial charge in [-0.15, -0.1) is 0 Å². The number of carbonyl (C=O) groups excluding carboxylic acids is 2. The zero-order chi connectivity index (χ0) is 27.4. The Morgan fingerprint density at radius 2 is 1.66 bits per heavy atom. The van der Waals surface area contributed by atoms with E-state index in [0.29, 0.717) is 12.4 Å². The van der Waals surface area contributed by atoms with Crippen LogP contribution in [0.15, 0.2) is 72.8 Å². The number of anilines is 2. The van der Waals surface area contributed by atoms with Crippen molar-refractivity contribution in [3.8, 4) is 5.69 Å². The SMILES string of the molecule is Cc1cccc(-n2nc(C(C)(C)C)cc2NC(=O)CN(CC(C)C)C(=O)Nc2cccc3ccccc23)c1. The predicted molar refractivity (Wildman–Crippen MR) is 155 cm³/mol. The van der Waals surface area contributed by atoms with Crippen molar-refractivity contribution in [2.45, 2.75) is 47.0 Å². The molecular formula is C31H37N5O2. The second kappa shape index (κ2) is 11.1. The van der Waals surface area contributed by atoms with E-state index >= 15 is 0 Å². The third kappa shape index (κ3) is 6.40. The van der Waals surface area contributed by atoms with Gasteiger partial charge in [-0.05, 0) is 42.0 Å². The Labute approximate surface area is 224 Å². The van der Waals surface area contributed by atoms with Crippen LogP contribution in [0.25, 0.3) is 16.5 Å². The van der Waals surface area contributed by atoms with Crippen molar-refractivity contribution >= 4 is 34.2 Å². The number of nitrogens with one attached hydrogen (secondary N) is 2. The van der Waals surface area contributed by atoms with Crippen molar-refractivity contribution in [2.75, 3.05) is 23.7 Å². The smallest absolute Gasteiger partial charge is 0.315 e. The zero-order valence-corrected chi connectivity index (χ0v) is 23.1. The number of rotatable bonds is 7. The fraction of sp³-hybridized carbons (Fsp3) is 0.323. The molecule has 4 aromatic rings. The van der Waals surface area contributed by atoms with Crippen LogP contribution in [0.5, 0.6) is 0 Å². The van der Waals surface area contributed by atoms with Gasteiger partial charge in [0.1, 0.15) is 12.4 Å². The number of carbonyl (C=O) groups is 2. The molecule has 7 heteroatoms. The molecule has 1 aromatic heterocycles. The lowest BCUT2D eigenvalue weighted by atomic mass is 9.92. The molecule has 1 heterocycles. The fourth-order valence-electron chi connectivity index (χ4n) is 4.34. The highest BCUT2D eigenvalue weighted by molar-refractivity contribution is 6.03. The van der Waals surface area contributed by atoms with Crippen LogP contribution in [0.3, 0.4) is 0 Å². The highest BCUT2D eigenvalue weighted by atomic mass is 16.2. The van der Waals surface area contributed by atoms with Gasteiger partial charge in [0.05, 0.1) is 17.1 Å². The number of urea groups is 1. The molecule has 0 radical (unpaired) electrons. The van der Waals surface area contributed by atoms with Gasteiger partial charge in [-0.1, -0.05) is 83.1 Å². The van der Waals surface area contributed by atoms with Gasteiger partial charge < -0.3 is 15.5 Å². The minimum atomic E-state index is -0.312. The van der Waals surface area contributed by atoms with Gasteiger partial charge in [-0.25, -0.2) is 9.48 Å². The van der Waals surface area contributed by atoms with Crippen LogP contribution >= 0.6 is 0 Å². The highest BCUT2D eigenvalue weighted by Gasteiger charge is 2.24. The molecular weight excluding hydrogens is 474 g/mol. The zero-order valence-electron chi connectivity index (χ0n) is 23.1. The summed E-state index contributed by atoms with van der Waals surface area (Å²) in [5.74, 6) is 0.476. The second-order valence-electron chi connectivity index (χ2n) is 11.2. The van der Waals surface area contributed by atoms with Crippen LogP contribution in [0.4, 0.5) is 16.3 Å². The van der Waals surface area contributed by atoms with Crippen molar-refractivity contribution < 1.29 is 9.59 Å². The van der Waals surface area contributed by atoms with Crippen LogP contribution in [-0.4, -0.2) is 39.7 Å². The Morgan fingerprint density at radius 1 is 0.947 bits per heavy atom. The summed E-state index contributed by atoms with van der Waals surface area (Å²) in [7, 11) is 0. The van der Waals surface area contributed by atoms with Gasteiger partial charge in [0, 0.05) is 23.4 Å². The van der Waals surface area contributed by atoms with E-state index in [4.69, 9.17) is 5.10 Å². The van der Waals surface area contributed by atoms with E-state index in [1.807, 2.05) is 93.6 Å². The molecule has 3 aromatic carbocycles. The van der Waals surface area contributed by atoms with Crippen LogP contribution in [-0.2, 0) is 10.2 Å². The monoisotopic (exact) mass is 511 g/mol. The average Bonchev–Trinajstić information content (AvgIpc) is 3.28. The maximum absolute atomic E-state index is 13.4. The summed E-state index contributed by atoms with van der Waals surface area (Å²) in [6.45, 7) is 12.7. The molecule has 0 aliphatic heterocycles. The van der Waals surface area contributed by atoms with Crippen LogP contribution < -0.4 is 10.6 Å². The van der Waals surface area contributed by atoms with Gasteiger partial charge >= 0.3 is 6.03 Å². The standard InChI is InChI=1S/C31H37N5O2/c1-21(2)19-35(30(38)32-26-16-10-13-23-12-7-8-15-25(23)26)20-29(37)33-28-18-27(31(4,5)6)34-36(28)24-14-9-11-22(3)17-24/h7-18,21H,19-20H2,1-6H3,(H,32,38)(H,33,37). The van der Waals surface area contributed by atoms with E-state index in [1.54, 1.807) is 9.58 Å². The van der Waals surface area contributed by atoms with Crippen LogP contribution in [0.1, 0.15) is 45.9 Å². The van der Waals surface area contributed by atoms with Gasteiger partial charge in [0.25, 0.3) is 0 Å². The lowest BCUT2D eigenvalue weighted by molar-refractivity contribution is -0.116. The minimum absolute atomic E-state index is 0.0847. The van der Waals surface area contributed by atoms with E-state index < -0.39 is 0 Å². The first-order valence-corrected chi connectivity index (χ1v) is 13.0. The molecule has 198 valence electrons. The highest BCUT2D eigenvalue weighted by Crippen LogP contribution is 2.27. The number of aryl methyl sites for hydroxylation is 1. The Bertz CT molecular complexity index is 1440. The number of nitrogens with zero attached hydrogens (tertiary/aromatic N) is 3. The molecule has 0 saturated carbocycles. The number of fused-ring (bicyclic) bond motifs is 1. The molecule has 38 heavy (non-hydrogen) atoms. The van der Waals surface area contributed by atoms with Gasteiger partial charge in [-0.3, -0.25) is 4.79 Å². The molecule has 0 bridgehead atoms. The quantitative estimate of drug-likeness (QED) is 0.288. The lowest BCUT2D eigenvalue weighted by Gasteiger charge is -2.25. The van der Waals surface area contributed by atoms with Gasteiger partial charge in [0.15, 0.2) is 0 Å². The number of benzene rings is 3. The molecule has 0 saturated heterocycles. The molecule has 3 amide bonds. The van der Waals surface area contributed by atoms with Crippen molar-refractivity contribution in [3.63, 3.8) is 0 Å². The molecule has 0 unspecified atom stereocenters. The molecule has 7 nitrogen and oxygen atoms in total. The summed E-state index contributed by atoms with van der Waals surface area (Å²) in [6, 6.07) is 23.3. The Kier molecular flexibility index (Phi) is 7.86. The van der Waals surface area contributed by atoms with E-state index in [2.05, 4.69) is 31.4 Å². The Morgan fingerprint density at radius 3 is 2.37 bits per heavy atom. The first kappa shape index (κ1) is 26.9. The molecule has 0 fully saturated rings.